The van der Waals surface area contributed by atoms with Crippen molar-refractivity contribution in [3.05, 3.63) is 35.7 Å². The molecular formula is C12H11F3N4O2S. The molecular weight excluding hydrogens is 321 g/mol. The highest BCUT2D eigenvalue weighted by Crippen LogP contribution is 2.36. The second-order valence-electron chi connectivity index (χ2n) is 4.11. The Morgan fingerprint density at radius 1 is 1.27 bits per heavy atom. The fraction of sp³-hybridized carbons (Fsp3) is 0.250. The molecule has 0 saturated carbocycles. The number of hydrogen-bond donors (Lipinski definition) is 2. The van der Waals surface area contributed by atoms with Crippen molar-refractivity contribution in [1.29, 1.82) is 0 Å². The van der Waals surface area contributed by atoms with E-state index in [-0.39, 0.29) is 40.7 Å². The van der Waals surface area contributed by atoms with Gasteiger partial charge < -0.3 is 15.5 Å². The molecule has 0 bridgehead atoms. The molecule has 3 N–H and O–H groups in total. The zero-order valence-corrected chi connectivity index (χ0v) is 11.9. The Labute approximate surface area is 127 Å². The summed E-state index contributed by atoms with van der Waals surface area (Å²) >= 11 is -0.233. The lowest BCUT2D eigenvalue weighted by atomic mass is 10.2. The summed E-state index contributed by atoms with van der Waals surface area (Å²) < 4.78 is 41.5. The van der Waals surface area contributed by atoms with E-state index in [1.807, 2.05) is 0 Å². The molecule has 22 heavy (non-hydrogen) atoms. The van der Waals surface area contributed by atoms with Crippen molar-refractivity contribution < 1.29 is 22.4 Å². The van der Waals surface area contributed by atoms with Crippen LogP contribution in [-0.4, -0.2) is 28.2 Å². The average Bonchev–Trinajstić information content (AvgIpc) is 2.83. The number of halogens is 3. The molecule has 1 aromatic carbocycles. The van der Waals surface area contributed by atoms with Gasteiger partial charge in [-0.1, -0.05) is 5.10 Å². The summed E-state index contributed by atoms with van der Waals surface area (Å²) in [6, 6.07) is 5.08. The number of carbonyl (C=O) groups excluding carboxylic acids is 1. The van der Waals surface area contributed by atoms with Crippen LogP contribution >= 0.6 is 11.8 Å². The highest BCUT2D eigenvalue weighted by molar-refractivity contribution is 8.00. The van der Waals surface area contributed by atoms with Crippen LogP contribution in [-0.2, 0) is 6.42 Å². The first-order chi connectivity index (χ1) is 10.3. The smallest absolute Gasteiger partial charge is 0.408 e. The highest BCUT2D eigenvalue weighted by Gasteiger charge is 2.29. The van der Waals surface area contributed by atoms with Crippen molar-refractivity contribution in [3.63, 3.8) is 0 Å². The largest absolute Gasteiger partial charge is 0.446 e. The zero-order valence-electron chi connectivity index (χ0n) is 11.1. The van der Waals surface area contributed by atoms with E-state index < -0.39 is 11.4 Å². The zero-order chi connectivity index (χ0) is 16.2. The number of anilines is 1. The van der Waals surface area contributed by atoms with Gasteiger partial charge in [-0.3, -0.25) is 4.79 Å². The first-order valence-corrected chi connectivity index (χ1v) is 6.87. The molecule has 2 aromatic rings. The van der Waals surface area contributed by atoms with Gasteiger partial charge in [-0.05, 0) is 36.0 Å². The minimum absolute atomic E-state index is 0.0189. The number of hydrogen-bond acceptors (Lipinski definition) is 6. The van der Waals surface area contributed by atoms with Crippen LogP contribution in [0, 0.1) is 0 Å². The molecule has 0 spiro atoms. The SMILES string of the molecule is Nc1nnc(CCNC(=O)c2ccc(SC(F)(F)F)cc2)o1. The van der Waals surface area contributed by atoms with Crippen LogP contribution in [0.25, 0.3) is 0 Å². The molecule has 10 heteroatoms. The fourth-order valence-corrected chi connectivity index (χ4v) is 2.10. The predicted molar refractivity (Wildman–Crippen MR) is 73.1 cm³/mol. The van der Waals surface area contributed by atoms with Gasteiger partial charge in [-0.25, -0.2) is 0 Å². The van der Waals surface area contributed by atoms with E-state index in [9.17, 15) is 18.0 Å². The minimum Gasteiger partial charge on any atom is -0.408 e. The summed E-state index contributed by atoms with van der Waals surface area (Å²) in [4.78, 5) is 11.8. The molecule has 1 aromatic heterocycles. The molecule has 0 unspecified atom stereocenters. The molecule has 1 amide bonds. The summed E-state index contributed by atoms with van der Waals surface area (Å²) in [7, 11) is 0. The monoisotopic (exact) mass is 332 g/mol. The van der Waals surface area contributed by atoms with Crippen LogP contribution in [0.3, 0.4) is 0 Å². The van der Waals surface area contributed by atoms with Crippen molar-refractivity contribution in [3.8, 4) is 0 Å². The first kappa shape index (κ1) is 16.1. The summed E-state index contributed by atoms with van der Waals surface area (Å²) in [6.45, 7) is 0.236. The van der Waals surface area contributed by atoms with E-state index >= 15 is 0 Å². The second kappa shape index (κ2) is 6.69. The van der Waals surface area contributed by atoms with Crippen LogP contribution < -0.4 is 11.1 Å². The summed E-state index contributed by atoms with van der Waals surface area (Å²) in [5, 5.41) is 9.68. The summed E-state index contributed by atoms with van der Waals surface area (Å²) in [6.07, 6.45) is 0.304. The fourth-order valence-electron chi connectivity index (χ4n) is 1.56. The lowest BCUT2D eigenvalue weighted by molar-refractivity contribution is -0.0328. The Bertz CT molecular complexity index is 643. The van der Waals surface area contributed by atoms with E-state index in [1.54, 1.807) is 0 Å². The number of nitrogens with two attached hydrogens (primary N) is 1. The molecule has 0 atom stereocenters. The summed E-state index contributed by atoms with van der Waals surface area (Å²) in [5.41, 5.74) is 1.16. The molecule has 0 radical (unpaired) electrons. The van der Waals surface area contributed by atoms with Gasteiger partial charge in [-0.2, -0.15) is 13.2 Å². The van der Waals surface area contributed by atoms with Gasteiger partial charge in [0.1, 0.15) is 0 Å². The molecule has 2 rings (SSSR count). The number of aromatic nitrogens is 2. The number of nitrogen functional groups attached to an aromatic ring is 1. The quantitative estimate of drug-likeness (QED) is 0.816. The molecule has 0 aliphatic rings. The van der Waals surface area contributed by atoms with Crippen LogP contribution in [0.4, 0.5) is 19.2 Å². The Hall–Kier alpha value is -2.23. The molecule has 118 valence electrons. The average molecular weight is 332 g/mol. The number of amides is 1. The van der Waals surface area contributed by atoms with Gasteiger partial charge in [0.25, 0.3) is 5.91 Å². The van der Waals surface area contributed by atoms with Gasteiger partial charge in [-0.15, -0.1) is 5.10 Å². The third-order valence-electron chi connectivity index (χ3n) is 2.46. The Balaban J connectivity index is 1.84. The van der Waals surface area contributed by atoms with Crippen molar-refractivity contribution >= 4 is 23.7 Å². The Morgan fingerprint density at radius 2 is 1.95 bits per heavy atom. The maximum atomic E-state index is 12.2. The first-order valence-electron chi connectivity index (χ1n) is 6.05. The van der Waals surface area contributed by atoms with Gasteiger partial charge in [0.2, 0.25) is 5.89 Å². The standard InChI is InChI=1S/C12H11F3N4O2S/c13-12(14,15)22-8-3-1-7(2-4-8)10(20)17-6-5-9-18-19-11(16)21-9/h1-4H,5-6H2,(H2,16,19)(H,17,20). The van der Waals surface area contributed by atoms with Crippen LogP contribution in [0.1, 0.15) is 16.2 Å². The second-order valence-corrected chi connectivity index (χ2v) is 5.25. The van der Waals surface area contributed by atoms with Gasteiger partial charge in [0.15, 0.2) is 0 Å². The van der Waals surface area contributed by atoms with Crippen molar-refractivity contribution in [1.82, 2.24) is 15.5 Å². The molecule has 1 heterocycles. The molecule has 6 nitrogen and oxygen atoms in total. The normalized spacial score (nSPS) is 11.4. The van der Waals surface area contributed by atoms with E-state index in [0.717, 1.165) is 0 Å². The number of benzene rings is 1. The number of rotatable bonds is 5. The van der Waals surface area contributed by atoms with Gasteiger partial charge in [0, 0.05) is 23.4 Å². The maximum Gasteiger partial charge on any atom is 0.446 e. The van der Waals surface area contributed by atoms with Crippen molar-refractivity contribution in [2.24, 2.45) is 0 Å². The maximum absolute atomic E-state index is 12.2. The summed E-state index contributed by atoms with van der Waals surface area (Å²) in [5.74, 6) is -0.120. The number of carbonyl (C=O) groups is 1. The van der Waals surface area contributed by atoms with E-state index in [2.05, 4.69) is 15.5 Å². The molecule has 0 fully saturated rings. The van der Waals surface area contributed by atoms with Crippen molar-refractivity contribution in [2.45, 2.75) is 16.8 Å². The number of alkyl halides is 3. The van der Waals surface area contributed by atoms with E-state index in [4.69, 9.17) is 10.2 Å². The van der Waals surface area contributed by atoms with Crippen LogP contribution in [0.5, 0.6) is 0 Å². The van der Waals surface area contributed by atoms with Crippen LogP contribution in [0.15, 0.2) is 33.6 Å². The van der Waals surface area contributed by atoms with Gasteiger partial charge in [0.05, 0.1) is 0 Å². The number of nitrogens with one attached hydrogen (secondary N) is 1. The number of thioether (sulfide) groups is 1. The minimum atomic E-state index is -4.35. The third kappa shape index (κ3) is 4.95. The highest BCUT2D eigenvalue weighted by atomic mass is 32.2. The lowest BCUT2D eigenvalue weighted by Gasteiger charge is -2.07. The van der Waals surface area contributed by atoms with Gasteiger partial charge >= 0.3 is 11.5 Å². The Morgan fingerprint density at radius 3 is 2.50 bits per heavy atom. The number of nitrogens with zero attached hydrogens (tertiary/aromatic N) is 2. The predicted octanol–water partition coefficient (Wildman–Crippen LogP) is 2.24. The third-order valence-corrected chi connectivity index (χ3v) is 3.20. The van der Waals surface area contributed by atoms with Crippen molar-refractivity contribution in [2.75, 3.05) is 12.3 Å². The molecule has 0 saturated heterocycles. The molecule has 0 aliphatic heterocycles. The Kier molecular flexibility index (Phi) is 4.91. The van der Waals surface area contributed by atoms with Crippen LogP contribution in [0.2, 0.25) is 0 Å². The molecule has 0 aliphatic carbocycles. The lowest BCUT2D eigenvalue weighted by Crippen LogP contribution is -2.25. The van der Waals surface area contributed by atoms with E-state index in [1.165, 1.54) is 24.3 Å². The topological polar surface area (TPSA) is 94.0 Å². The van der Waals surface area contributed by atoms with E-state index in [0.29, 0.717) is 6.42 Å².